The van der Waals surface area contributed by atoms with Crippen molar-refractivity contribution in [3.8, 4) is 0 Å². The highest BCUT2D eigenvalue weighted by molar-refractivity contribution is 5.95. The molecule has 2 aliphatic rings. The van der Waals surface area contributed by atoms with Crippen molar-refractivity contribution < 1.29 is 19.2 Å². The Balaban J connectivity index is 1.82. The van der Waals surface area contributed by atoms with Gasteiger partial charge in [0.25, 0.3) is 0 Å². The van der Waals surface area contributed by atoms with E-state index in [1.165, 1.54) is 6.08 Å². The molecule has 1 atom stereocenters. The van der Waals surface area contributed by atoms with Crippen LogP contribution in [0.1, 0.15) is 6.42 Å². The number of hydrogen-bond acceptors (Lipinski definition) is 5. The van der Waals surface area contributed by atoms with Gasteiger partial charge in [-0.05, 0) is 12.5 Å². The SMILES string of the molecule is O=C(/C=C/CC1(C[N+](=O)[O-])COC1)C1CO1. The maximum absolute atomic E-state index is 11.2. The molecule has 0 aliphatic carbocycles. The van der Waals surface area contributed by atoms with Gasteiger partial charge in [-0.1, -0.05) is 6.08 Å². The minimum atomic E-state index is -0.412. The van der Waals surface area contributed by atoms with Gasteiger partial charge in [-0.2, -0.15) is 0 Å². The smallest absolute Gasteiger partial charge is 0.214 e. The lowest BCUT2D eigenvalue weighted by atomic mass is 9.82. The molecule has 1 unspecified atom stereocenters. The minimum absolute atomic E-state index is 0.0588. The predicted molar refractivity (Wildman–Crippen MR) is 53.6 cm³/mol. The largest absolute Gasteiger partial charge is 0.380 e. The zero-order chi connectivity index (χ0) is 11.6. The number of rotatable bonds is 6. The predicted octanol–water partition coefficient (Wildman–Crippen LogP) is 0.194. The zero-order valence-corrected chi connectivity index (χ0v) is 8.76. The topological polar surface area (TPSA) is 82.0 Å². The molecule has 6 nitrogen and oxygen atoms in total. The van der Waals surface area contributed by atoms with Gasteiger partial charge < -0.3 is 9.47 Å². The van der Waals surface area contributed by atoms with Crippen LogP contribution in [-0.2, 0) is 14.3 Å². The van der Waals surface area contributed by atoms with E-state index in [9.17, 15) is 14.9 Å². The Morgan fingerprint density at radius 1 is 1.56 bits per heavy atom. The normalized spacial score (nSPS) is 26.4. The van der Waals surface area contributed by atoms with E-state index in [4.69, 9.17) is 9.47 Å². The van der Waals surface area contributed by atoms with Gasteiger partial charge >= 0.3 is 0 Å². The van der Waals surface area contributed by atoms with E-state index in [0.29, 0.717) is 26.2 Å². The molecule has 0 aromatic carbocycles. The quantitative estimate of drug-likeness (QED) is 0.280. The Labute approximate surface area is 92.4 Å². The molecule has 0 radical (unpaired) electrons. The molecule has 0 aromatic rings. The molecule has 2 rings (SSSR count). The molecule has 0 amide bonds. The summed E-state index contributed by atoms with van der Waals surface area (Å²) in [6.45, 7) is 1.18. The van der Waals surface area contributed by atoms with Crippen LogP contribution in [0.5, 0.6) is 0 Å². The lowest BCUT2D eigenvalue weighted by Gasteiger charge is -2.37. The minimum Gasteiger partial charge on any atom is -0.380 e. The Morgan fingerprint density at radius 2 is 2.25 bits per heavy atom. The lowest BCUT2D eigenvalue weighted by molar-refractivity contribution is -0.507. The van der Waals surface area contributed by atoms with Gasteiger partial charge in [0.05, 0.1) is 25.2 Å². The first-order valence-corrected chi connectivity index (χ1v) is 5.13. The number of carbonyl (C=O) groups excluding carboxylic acids is 1. The molecule has 0 bridgehead atoms. The van der Waals surface area contributed by atoms with Crippen molar-refractivity contribution in [2.45, 2.75) is 12.5 Å². The molecule has 2 aliphatic heterocycles. The van der Waals surface area contributed by atoms with Gasteiger partial charge in [0.15, 0.2) is 5.78 Å². The first-order chi connectivity index (χ1) is 7.61. The van der Waals surface area contributed by atoms with Gasteiger partial charge in [-0.25, -0.2) is 0 Å². The maximum Gasteiger partial charge on any atom is 0.214 e. The number of carbonyl (C=O) groups is 1. The van der Waals surface area contributed by atoms with Crippen molar-refractivity contribution in [1.29, 1.82) is 0 Å². The third-order valence-corrected chi connectivity index (χ3v) is 2.76. The number of nitro groups is 1. The summed E-state index contributed by atoms with van der Waals surface area (Å²) >= 11 is 0. The Kier molecular flexibility index (Phi) is 3.02. The van der Waals surface area contributed by atoms with Gasteiger partial charge in [0, 0.05) is 4.92 Å². The second-order valence-electron chi connectivity index (χ2n) is 4.31. The van der Waals surface area contributed by atoms with Crippen molar-refractivity contribution in [1.82, 2.24) is 0 Å². The molecule has 0 N–H and O–H groups in total. The van der Waals surface area contributed by atoms with Crippen molar-refractivity contribution in [2.24, 2.45) is 5.41 Å². The second kappa shape index (κ2) is 4.31. The highest BCUT2D eigenvalue weighted by Gasteiger charge is 2.42. The molecule has 0 saturated carbocycles. The van der Waals surface area contributed by atoms with E-state index >= 15 is 0 Å². The van der Waals surface area contributed by atoms with Crippen molar-refractivity contribution in [2.75, 3.05) is 26.4 Å². The first-order valence-electron chi connectivity index (χ1n) is 5.13. The van der Waals surface area contributed by atoms with E-state index < -0.39 is 5.41 Å². The summed E-state index contributed by atoms with van der Waals surface area (Å²) in [6, 6.07) is 0. The molecule has 88 valence electrons. The van der Waals surface area contributed by atoms with Crippen LogP contribution < -0.4 is 0 Å². The maximum atomic E-state index is 11.2. The van der Waals surface area contributed by atoms with Crippen LogP contribution in [0.25, 0.3) is 0 Å². The van der Waals surface area contributed by atoms with E-state index in [1.807, 2.05) is 0 Å². The number of nitrogens with zero attached hydrogens (tertiary/aromatic N) is 1. The van der Waals surface area contributed by atoms with Crippen LogP contribution >= 0.6 is 0 Å². The van der Waals surface area contributed by atoms with Crippen LogP contribution in [0.2, 0.25) is 0 Å². The van der Waals surface area contributed by atoms with Crippen LogP contribution in [0, 0.1) is 15.5 Å². The Morgan fingerprint density at radius 3 is 2.69 bits per heavy atom. The van der Waals surface area contributed by atoms with Crippen molar-refractivity contribution in [3.05, 3.63) is 22.3 Å². The summed E-state index contributed by atoms with van der Waals surface area (Å²) in [6.07, 6.45) is 3.38. The van der Waals surface area contributed by atoms with Gasteiger partial charge in [0.1, 0.15) is 6.10 Å². The van der Waals surface area contributed by atoms with Crippen LogP contribution in [0.3, 0.4) is 0 Å². The van der Waals surface area contributed by atoms with E-state index in [-0.39, 0.29) is 23.4 Å². The van der Waals surface area contributed by atoms with E-state index in [1.54, 1.807) is 6.08 Å². The third-order valence-electron chi connectivity index (χ3n) is 2.76. The van der Waals surface area contributed by atoms with Crippen LogP contribution in [0.15, 0.2) is 12.2 Å². The first kappa shape index (κ1) is 11.2. The molecular formula is C10H13NO5. The molecule has 2 fully saturated rings. The summed E-state index contributed by atoms with van der Waals surface area (Å²) in [5.74, 6) is -0.0588. The molecule has 6 heteroatoms. The molecular weight excluding hydrogens is 214 g/mol. The number of epoxide rings is 1. The fraction of sp³-hybridized carbons (Fsp3) is 0.700. The number of hydrogen-bond donors (Lipinski definition) is 0. The summed E-state index contributed by atoms with van der Waals surface area (Å²) in [5.41, 5.74) is -0.412. The Hall–Kier alpha value is -1.27. The van der Waals surface area contributed by atoms with Crippen molar-refractivity contribution >= 4 is 5.78 Å². The van der Waals surface area contributed by atoms with E-state index in [0.717, 1.165) is 0 Å². The highest BCUT2D eigenvalue weighted by Crippen LogP contribution is 2.32. The van der Waals surface area contributed by atoms with E-state index in [2.05, 4.69) is 0 Å². The Bertz CT molecular complexity index is 330. The monoisotopic (exact) mass is 227 g/mol. The van der Waals surface area contributed by atoms with Crippen LogP contribution in [-0.4, -0.2) is 43.2 Å². The summed E-state index contributed by atoms with van der Waals surface area (Å²) < 4.78 is 9.83. The molecule has 0 spiro atoms. The standard InChI is InChI=1S/C10H13NO5/c12-8(9-4-16-9)2-1-3-10(5-11(13)14)6-15-7-10/h1-2,9H,3-7H2/b2-1+. The fourth-order valence-corrected chi connectivity index (χ4v) is 1.68. The average Bonchev–Trinajstić information content (AvgIpc) is 2.95. The van der Waals surface area contributed by atoms with Crippen molar-refractivity contribution in [3.63, 3.8) is 0 Å². The summed E-state index contributed by atoms with van der Waals surface area (Å²) in [5, 5.41) is 10.5. The zero-order valence-electron chi connectivity index (χ0n) is 8.76. The summed E-state index contributed by atoms with van der Waals surface area (Å²) in [7, 11) is 0. The van der Waals surface area contributed by atoms with Crippen LogP contribution in [0.4, 0.5) is 0 Å². The average molecular weight is 227 g/mol. The lowest BCUT2D eigenvalue weighted by Crippen LogP contribution is -2.47. The second-order valence-corrected chi connectivity index (χ2v) is 4.31. The number of ether oxygens (including phenoxy) is 2. The number of ketones is 1. The third kappa shape index (κ3) is 2.65. The summed E-state index contributed by atoms with van der Waals surface area (Å²) in [4.78, 5) is 21.4. The molecule has 2 heterocycles. The van der Waals surface area contributed by atoms with Gasteiger partial charge in [-0.3, -0.25) is 14.9 Å². The van der Waals surface area contributed by atoms with Gasteiger partial charge in [0.2, 0.25) is 6.54 Å². The molecule has 0 aromatic heterocycles. The fourth-order valence-electron chi connectivity index (χ4n) is 1.68. The molecule has 16 heavy (non-hydrogen) atoms. The van der Waals surface area contributed by atoms with Gasteiger partial charge in [-0.15, -0.1) is 0 Å². The molecule has 2 saturated heterocycles. The highest BCUT2D eigenvalue weighted by atomic mass is 16.6. The number of allylic oxidation sites excluding steroid dienone is 1.